The molecule has 0 radical (unpaired) electrons. The molecule has 0 aliphatic heterocycles. The molecule has 29 heavy (non-hydrogen) atoms. The monoisotopic (exact) mass is 405 g/mol. The molecule has 0 aliphatic carbocycles. The smallest absolute Gasteiger partial charge is 0.258 e. The maximum atomic E-state index is 13.3. The average molecular weight is 406 g/mol. The summed E-state index contributed by atoms with van der Waals surface area (Å²) < 4.78 is 13.3. The van der Waals surface area contributed by atoms with Crippen molar-refractivity contribution in [2.75, 3.05) is 0 Å². The van der Waals surface area contributed by atoms with E-state index in [1.54, 1.807) is 54.6 Å². The summed E-state index contributed by atoms with van der Waals surface area (Å²) in [6.45, 7) is 3.77. The Labute approximate surface area is 173 Å². The van der Waals surface area contributed by atoms with Crippen LogP contribution in [-0.2, 0) is 9.59 Å². The molecule has 0 atom stereocenters. The van der Waals surface area contributed by atoms with E-state index in [1.807, 2.05) is 6.07 Å². The third-order valence-electron chi connectivity index (χ3n) is 4.20. The Morgan fingerprint density at radius 1 is 0.828 bits per heavy atom. The zero-order valence-corrected chi connectivity index (χ0v) is 16.1. The van der Waals surface area contributed by atoms with E-state index in [0.717, 1.165) is 0 Å². The number of hydrogen-bond acceptors (Lipinski definition) is 2. The van der Waals surface area contributed by atoms with Crippen LogP contribution in [0.1, 0.15) is 16.7 Å². The van der Waals surface area contributed by atoms with Gasteiger partial charge in [-0.25, -0.2) is 4.39 Å². The molecule has 3 rings (SSSR count). The van der Waals surface area contributed by atoms with E-state index in [4.69, 9.17) is 11.6 Å². The van der Waals surface area contributed by atoms with Gasteiger partial charge < -0.3 is 0 Å². The minimum Gasteiger partial charge on any atom is -0.288 e. The van der Waals surface area contributed by atoms with E-state index in [0.29, 0.717) is 21.7 Å². The molecule has 0 saturated carbocycles. The van der Waals surface area contributed by atoms with Crippen molar-refractivity contribution in [2.45, 2.75) is 0 Å². The van der Waals surface area contributed by atoms with Gasteiger partial charge in [0.15, 0.2) is 0 Å². The highest BCUT2D eigenvalue weighted by Gasteiger charge is 2.18. The molecule has 3 aromatic carbocycles. The molecule has 0 heterocycles. The number of amides is 2. The predicted molar refractivity (Wildman–Crippen MR) is 114 cm³/mol. The number of benzene rings is 3. The lowest BCUT2D eigenvalue weighted by Gasteiger charge is -2.11. The van der Waals surface area contributed by atoms with Gasteiger partial charge in [-0.05, 0) is 47.0 Å². The average Bonchev–Trinajstić information content (AvgIpc) is 2.74. The van der Waals surface area contributed by atoms with Crippen molar-refractivity contribution in [1.29, 1.82) is 0 Å². The van der Waals surface area contributed by atoms with Crippen molar-refractivity contribution in [3.05, 3.63) is 113 Å². The molecule has 1 N–H and O–H groups in total. The van der Waals surface area contributed by atoms with Crippen LogP contribution in [-0.4, -0.2) is 11.8 Å². The van der Waals surface area contributed by atoms with Crippen molar-refractivity contribution < 1.29 is 14.0 Å². The quantitative estimate of drug-likeness (QED) is 0.458. The van der Waals surface area contributed by atoms with Crippen molar-refractivity contribution in [1.82, 2.24) is 5.32 Å². The van der Waals surface area contributed by atoms with Crippen molar-refractivity contribution in [3.8, 4) is 0 Å². The fourth-order valence-corrected chi connectivity index (χ4v) is 2.78. The second kappa shape index (κ2) is 9.13. The molecule has 0 aromatic heterocycles. The van der Waals surface area contributed by atoms with Crippen LogP contribution in [0.3, 0.4) is 0 Å². The number of imide groups is 1. The molecule has 5 heteroatoms. The lowest BCUT2D eigenvalue weighted by atomic mass is 10.0. The molecule has 144 valence electrons. The molecule has 3 aromatic rings. The zero-order valence-electron chi connectivity index (χ0n) is 15.4. The highest BCUT2D eigenvalue weighted by Crippen LogP contribution is 2.21. The first-order chi connectivity index (χ1) is 13.9. The Morgan fingerprint density at radius 3 is 2.07 bits per heavy atom. The van der Waals surface area contributed by atoms with E-state index in [1.165, 1.54) is 24.3 Å². The maximum absolute atomic E-state index is 13.3. The van der Waals surface area contributed by atoms with E-state index >= 15 is 0 Å². The summed E-state index contributed by atoms with van der Waals surface area (Å²) in [6.07, 6.45) is 1.61. The standard InChI is InChI=1S/C24H17ClFNO2/c1-16(18-5-3-2-4-6-18)23(28)27-24(29)22(19-9-13-21(26)14-10-19)15-17-7-11-20(25)12-8-17/h2-15H,1H2,(H,27,28,29)/b22-15+. The normalized spacial score (nSPS) is 11.0. The summed E-state index contributed by atoms with van der Waals surface area (Å²) in [7, 11) is 0. The van der Waals surface area contributed by atoms with Crippen LogP contribution in [0.15, 0.2) is 85.4 Å². The molecule has 0 aliphatic rings. The van der Waals surface area contributed by atoms with E-state index in [-0.39, 0.29) is 11.1 Å². The SMILES string of the molecule is C=C(C(=O)NC(=O)/C(=C/c1ccc(Cl)cc1)c1ccc(F)cc1)c1ccccc1. The van der Waals surface area contributed by atoms with Crippen LogP contribution in [0.2, 0.25) is 5.02 Å². The van der Waals surface area contributed by atoms with Gasteiger partial charge in [-0.3, -0.25) is 14.9 Å². The largest absolute Gasteiger partial charge is 0.288 e. The van der Waals surface area contributed by atoms with Crippen LogP contribution in [0.25, 0.3) is 17.2 Å². The Bertz CT molecular complexity index is 1070. The highest BCUT2D eigenvalue weighted by atomic mass is 35.5. The lowest BCUT2D eigenvalue weighted by molar-refractivity contribution is -0.124. The summed E-state index contributed by atoms with van der Waals surface area (Å²) in [5.74, 6) is -1.65. The number of carbonyl (C=O) groups excluding carboxylic acids is 2. The lowest BCUT2D eigenvalue weighted by Crippen LogP contribution is -2.31. The zero-order chi connectivity index (χ0) is 20.8. The van der Waals surface area contributed by atoms with Crippen LogP contribution >= 0.6 is 11.6 Å². The van der Waals surface area contributed by atoms with Crippen LogP contribution in [0, 0.1) is 5.82 Å². The molecule has 0 unspecified atom stereocenters. The second-order valence-corrected chi connectivity index (χ2v) is 6.68. The summed E-state index contributed by atoms with van der Waals surface area (Å²) in [5.41, 5.74) is 2.17. The minimum atomic E-state index is -0.617. The molecule has 0 bridgehead atoms. The summed E-state index contributed by atoms with van der Waals surface area (Å²) in [6, 6.07) is 21.2. The van der Waals surface area contributed by atoms with Gasteiger partial charge in [-0.1, -0.05) is 72.8 Å². The first kappa shape index (κ1) is 20.2. The number of hydrogen-bond donors (Lipinski definition) is 1. The Balaban J connectivity index is 1.90. The highest BCUT2D eigenvalue weighted by molar-refractivity contribution is 6.33. The van der Waals surface area contributed by atoms with Crippen molar-refractivity contribution in [2.24, 2.45) is 0 Å². The molecule has 2 amide bonds. The van der Waals surface area contributed by atoms with Gasteiger partial charge in [-0.2, -0.15) is 0 Å². The van der Waals surface area contributed by atoms with Gasteiger partial charge >= 0.3 is 0 Å². The number of halogens is 2. The van der Waals surface area contributed by atoms with Gasteiger partial charge in [-0.15, -0.1) is 0 Å². The van der Waals surface area contributed by atoms with Gasteiger partial charge in [0.25, 0.3) is 11.8 Å². The van der Waals surface area contributed by atoms with Crippen LogP contribution < -0.4 is 5.32 Å². The van der Waals surface area contributed by atoms with E-state index in [9.17, 15) is 14.0 Å². The predicted octanol–water partition coefficient (Wildman–Crippen LogP) is 5.38. The number of rotatable bonds is 5. The topological polar surface area (TPSA) is 46.2 Å². The number of nitrogens with one attached hydrogen (secondary N) is 1. The molecular weight excluding hydrogens is 389 g/mol. The van der Waals surface area contributed by atoms with Crippen LogP contribution in [0.5, 0.6) is 0 Å². The van der Waals surface area contributed by atoms with Crippen molar-refractivity contribution in [3.63, 3.8) is 0 Å². The summed E-state index contributed by atoms with van der Waals surface area (Å²) in [5, 5.41) is 2.92. The molecule has 3 nitrogen and oxygen atoms in total. The van der Waals surface area contributed by atoms with Gasteiger partial charge in [0.1, 0.15) is 5.82 Å². The Hall–Kier alpha value is -3.50. The number of carbonyl (C=O) groups is 2. The summed E-state index contributed by atoms with van der Waals surface area (Å²) >= 11 is 5.91. The summed E-state index contributed by atoms with van der Waals surface area (Å²) in [4.78, 5) is 25.4. The third-order valence-corrected chi connectivity index (χ3v) is 4.46. The van der Waals surface area contributed by atoms with Crippen LogP contribution in [0.4, 0.5) is 4.39 Å². The van der Waals surface area contributed by atoms with Gasteiger partial charge in [0.2, 0.25) is 0 Å². The Kier molecular flexibility index (Phi) is 6.37. The Morgan fingerprint density at radius 2 is 1.45 bits per heavy atom. The van der Waals surface area contributed by atoms with Crippen molar-refractivity contribution >= 4 is 40.6 Å². The maximum Gasteiger partial charge on any atom is 0.258 e. The molecule has 0 saturated heterocycles. The molecule has 0 fully saturated rings. The molecular formula is C24H17ClFNO2. The van der Waals surface area contributed by atoms with Gasteiger partial charge in [0, 0.05) is 16.2 Å². The van der Waals surface area contributed by atoms with Gasteiger partial charge in [0.05, 0.1) is 0 Å². The fourth-order valence-electron chi connectivity index (χ4n) is 2.65. The molecule has 0 spiro atoms. The minimum absolute atomic E-state index is 0.170. The first-order valence-corrected chi connectivity index (χ1v) is 9.15. The third kappa shape index (κ3) is 5.27. The van der Waals surface area contributed by atoms with E-state index in [2.05, 4.69) is 11.9 Å². The first-order valence-electron chi connectivity index (χ1n) is 8.77. The van der Waals surface area contributed by atoms with E-state index < -0.39 is 17.6 Å². The second-order valence-electron chi connectivity index (χ2n) is 6.24. The fraction of sp³-hybridized carbons (Fsp3) is 0.